The molecule has 2 heterocycles. The van der Waals surface area contributed by atoms with Gasteiger partial charge in [0.1, 0.15) is 40.6 Å². The van der Waals surface area contributed by atoms with Crippen LogP contribution in [0.25, 0.3) is 4.85 Å². The minimum absolute atomic E-state index is 0.0293. The molecule has 0 aromatic carbocycles. The zero-order valence-electron chi connectivity index (χ0n) is 28.6. The van der Waals surface area contributed by atoms with Crippen LogP contribution in [0.3, 0.4) is 0 Å². The van der Waals surface area contributed by atoms with E-state index in [4.69, 9.17) is 60.5 Å². The molecule has 1 N–H and O–H groups in total. The molecule has 2 rings (SSSR count). The first-order chi connectivity index (χ1) is 21.2. The van der Waals surface area contributed by atoms with Gasteiger partial charge in [-0.25, -0.2) is 11.2 Å². The zero-order chi connectivity index (χ0) is 34.1. The molecule has 41 heavy (non-hydrogen) atoms. The topological polar surface area (TPSA) is 118 Å². The number of carbonyl (C=O) groups excluding carboxylic acids is 2. The summed E-state index contributed by atoms with van der Waals surface area (Å²) in [7, 11) is 8.78. The summed E-state index contributed by atoms with van der Waals surface area (Å²) in [5, 5.41) is 2.41. The largest absolute Gasteiger partial charge is 0.459 e. The molecule has 0 aromatic heterocycles. The lowest BCUT2D eigenvalue weighted by atomic mass is 9.96. The standard InChI is InChI=1S/C15H28BN2O4P.C11H18BNO5/c1-11(2)18(12(3)4)23(20-8-7-17-5)22-13-9-15(16)21-14(13)10-19-6;1-13-10(14)3-4-11(15)18-7-5-9(12)17-8(7)6-16-2/h11-15H,7-10H2,1-4,6H3;7-9H,3-6H2,1-2H3,(H,13,14)/t13?,14-,15-,23?;7?,8-,9-/m11/s1/i6TD;2TD/t6?,13?,14-,15-,23?;2?,7?,8-,9-. The summed E-state index contributed by atoms with van der Waals surface area (Å²) < 4.78 is 68.3. The van der Waals surface area contributed by atoms with E-state index >= 15 is 0 Å². The molecule has 1 amide bonds. The number of ether oxygens (including phenoxy) is 5. The fraction of sp³-hybridized carbons (Fsp3) is 0.885. The van der Waals surface area contributed by atoms with Gasteiger partial charge in [-0.05, 0) is 34.1 Å². The van der Waals surface area contributed by atoms with Gasteiger partial charge in [-0.15, -0.1) is 0 Å². The van der Waals surface area contributed by atoms with Crippen LogP contribution in [0.15, 0.2) is 0 Å². The molecule has 4 radical (unpaired) electrons. The molecule has 2 fully saturated rings. The number of methoxy groups -OCH3 is 2. The molecule has 15 heteroatoms. The quantitative estimate of drug-likeness (QED) is 0.0923. The molecule has 2 saturated heterocycles. The van der Waals surface area contributed by atoms with E-state index in [0.717, 1.165) is 0 Å². The zero-order valence-corrected chi connectivity index (χ0v) is 25.5. The Morgan fingerprint density at radius 3 is 2.17 bits per heavy atom. The molecule has 2 aliphatic rings. The van der Waals surface area contributed by atoms with Gasteiger partial charge in [0.25, 0.3) is 8.53 Å². The molecule has 5 unspecified atom stereocenters. The number of carbonyl (C=O) groups is 2. The van der Waals surface area contributed by atoms with Gasteiger partial charge in [-0.1, -0.05) is 0 Å². The van der Waals surface area contributed by atoms with Gasteiger partial charge in [0, 0.05) is 58.1 Å². The van der Waals surface area contributed by atoms with Crippen molar-refractivity contribution in [3.63, 3.8) is 0 Å². The number of amides is 1. The Morgan fingerprint density at radius 2 is 1.66 bits per heavy atom. The highest BCUT2D eigenvalue weighted by atomic mass is 31.2. The van der Waals surface area contributed by atoms with Gasteiger partial charge in [-0.3, -0.25) is 9.59 Å². The van der Waals surface area contributed by atoms with Crippen molar-refractivity contribution >= 4 is 36.1 Å². The molecular weight excluding hydrogens is 551 g/mol. The van der Waals surface area contributed by atoms with Crippen molar-refractivity contribution in [3.05, 3.63) is 11.4 Å². The minimum atomic E-state index is -1.43. The van der Waals surface area contributed by atoms with E-state index in [9.17, 15) is 9.59 Å². The molecule has 0 saturated carbocycles. The van der Waals surface area contributed by atoms with Gasteiger partial charge in [-0.2, -0.15) is 0 Å². The van der Waals surface area contributed by atoms with Crippen LogP contribution in [0, 0.1) is 6.57 Å². The highest BCUT2D eigenvalue weighted by Gasteiger charge is 2.39. The molecule has 230 valence electrons. The molecule has 2 aliphatic heterocycles. The third-order valence-electron chi connectivity index (χ3n) is 5.97. The van der Waals surface area contributed by atoms with Crippen molar-refractivity contribution in [3.8, 4) is 0 Å². The second-order valence-electron chi connectivity index (χ2n) is 9.93. The Labute approximate surface area is 255 Å². The van der Waals surface area contributed by atoms with Crippen molar-refractivity contribution in [1.82, 2.24) is 9.99 Å². The van der Waals surface area contributed by atoms with Crippen LogP contribution in [0.2, 0.25) is 0 Å². The van der Waals surface area contributed by atoms with Gasteiger partial charge >= 0.3 is 5.97 Å². The average molecular weight is 603 g/mol. The SMILES string of the molecule is [2H]C([3H])OC[C@H]1O[C@@H]([B])CC1OC(=O)CCC(=O)NC.[2H]C([3H])OC[C@H]1O[C@@H]([B])CC1OP(OCC[N+]#[C-])N(C(C)C)C(C)C. The van der Waals surface area contributed by atoms with E-state index < -0.39 is 58.9 Å². The monoisotopic (exact) mass is 603 g/mol. The fourth-order valence-electron chi connectivity index (χ4n) is 4.19. The summed E-state index contributed by atoms with van der Waals surface area (Å²) >= 11 is 0. The van der Waals surface area contributed by atoms with Crippen LogP contribution in [0.1, 0.15) is 58.9 Å². The highest BCUT2D eigenvalue weighted by Crippen LogP contribution is 2.48. The van der Waals surface area contributed by atoms with Crippen LogP contribution >= 0.6 is 8.53 Å². The molecule has 0 spiro atoms. The minimum Gasteiger partial charge on any atom is -0.459 e. The molecule has 0 aromatic rings. The van der Waals surface area contributed by atoms with Gasteiger partial charge in [0.15, 0.2) is 0 Å². The average Bonchev–Trinajstić information content (AvgIpc) is 3.48. The predicted molar refractivity (Wildman–Crippen MR) is 156 cm³/mol. The first-order valence-electron chi connectivity index (χ1n) is 15.8. The number of hydrogen-bond donors (Lipinski definition) is 1. The first-order valence-corrected chi connectivity index (χ1v) is 14.7. The summed E-state index contributed by atoms with van der Waals surface area (Å²) in [4.78, 5) is 25.9. The van der Waals surface area contributed by atoms with E-state index in [-0.39, 0.29) is 56.7 Å². The fourth-order valence-corrected chi connectivity index (χ4v) is 5.94. The normalized spacial score (nSPS) is 29.3. The van der Waals surface area contributed by atoms with Crippen LogP contribution in [0.4, 0.5) is 0 Å². The molecule has 0 aliphatic carbocycles. The Hall–Kier alpha value is -1.29. The highest BCUT2D eigenvalue weighted by molar-refractivity contribution is 7.44. The van der Waals surface area contributed by atoms with Gasteiger partial charge in [0.05, 0.1) is 31.2 Å². The third-order valence-corrected chi connectivity index (χ3v) is 8.13. The van der Waals surface area contributed by atoms with Gasteiger partial charge in [0.2, 0.25) is 12.5 Å². The van der Waals surface area contributed by atoms with Crippen molar-refractivity contribution in [2.45, 2.75) is 102 Å². The Kier molecular flexibility index (Phi) is 15.6. The van der Waals surface area contributed by atoms with E-state index in [1.165, 1.54) is 7.05 Å². The van der Waals surface area contributed by atoms with Gasteiger partial charge < -0.3 is 42.9 Å². The predicted octanol–water partition coefficient (Wildman–Crippen LogP) is 1.94. The van der Waals surface area contributed by atoms with Crippen LogP contribution in [-0.2, 0) is 42.3 Å². The third kappa shape index (κ3) is 14.2. The number of nitrogens with zero attached hydrogens (tertiary/aromatic N) is 2. The maximum atomic E-state index is 11.6. The van der Waals surface area contributed by atoms with Crippen molar-refractivity contribution in [2.24, 2.45) is 0 Å². The van der Waals surface area contributed by atoms with Crippen molar-refractivity contribution in [1.29, 1.82) is 0 Å². The number of esters is 1. The lowest BCUT2D eigenvalue weighted by molar-refractivity contribution is -0.154. The van der Waals surface area contributed by atoms with Crippen LogP contribution < -0.4 is 5.32 Å². The number of hydrogen-bond acceptors (Lipinski definition) is 10. The molecular formula is C26H46B2N3O9P. The Balaban J connectivity index is 0.000000461. The maximum absolute atomic E-state index is 11.6. The Morgan fingerprint density at radius 1 is 1.10 bits per heavy atom. The second kappa shape index (κ2) is 20.6. The lowest BCUT2D eigenvalue weighted by Crippen LogP contribution is -2.36. The van der Waals surface area contributed by atoms with E-state index in [1.807, 2.05) is 0 Å². The smallest absolute Gasteiger partial charge is 0.306 e. The summed E-state index contributed by atoms with van der Waals surface area (Å²) in [6, 6.07) is -0.637. The number of nitrogens with one attached hydrogen (secondary N) is 1. The molecule has 9 atom stereocenters. The molecule has 0 bridgehead atoms. The Bertz CT molecular complexity index is 906. The summed E-state index contributed by atoms with van der Waals surface area (Å²) in [5.74, 6) is -0.762. The van der Waals surface area contributed by atoms with Crippen molar-refractivity contribution < 1.29 is 47.8 Å². The van der Waals surface area contributed by atoms with E-state index in [1.54, 1.807) is 0 Å². The lowest BCUT2D eigenvalue weighted by Gasteiger charge is -2.37. The number of rotatable bonds is 16. The van der Waals surface area contributed by atoms with Crippen LogP contribution in [-0.4, -0.2) is 128 Å². The first kappa shape index (κ1) is 31.1. The summed E-state index contributed by atoms with van der Waals surface area (Å²) in [5.41, 5.74) is 0. The van der Waals surface area contributed by atoms with Crippen molar-refractivity contribution in [2.75, 3.05) is 47.5 Å². The summed E-state index contributed by atoms with van der Waals surface area (Å²) in [6.45, 7) is 15.8. The second-order valence-corrected chi connectivity index (χ2v) is 11.3. The van der Waals surface area contributed by atoms with E-state index in [2.05, 4.69) is 42.5 Å². The summed E-state index contributed by atoms with van der Waals surface area (Å²) in [6.07, 6.45) is -1.12. The van der Waals surface area contributed by atoms with Crippen LogP contribution in [0.5, 0.6) is 0 Å². The molecule has 12 nitrogen and oxygen atoms in total. The maximum Gasteiger partial charge on any atom is 0.306 e. The van der Waals surface area contributed by atoms with E-state index in [0.29, 0.717) is 19.4 Å².